The summed E-state index contributed by atoms with van der Waals surface area (Å²) >= 11 is 0. The molecule has 0 saturated carbocycles. The molecule has 1 aliphatic rings. The second kappa shape index (κ2) is 7.24. The van der Waals surface area contributed by atoms with Crippen LogP contribution in [0.25, 0.3) is 0 Å². The third-order valence-electron chi connectivity index (χ3n) is 3.24. The van der Waals surface area contributed by atoms with Crippen molar-refractivity contribution >= 4 is 0 Å². The molecule has 0 bridgehead atoms. The predicted octanol–water partition coefficient (Wildman–Crippen LogP) is 2.25. The normalized spacial score (nSPS) is 24.0. The monoisotopic (exact) mass is 198 g/mol. The van der Waals surface area contributed by atoms with Crippen LogP contribution in [0.3, 0.4) is 0 Å². The molecule has 0 aliphatic carbocycles. The van der Waals surface area contributed by atoms with Gasteiger partial charge in [-0.05, 0) is 39.4 Å². The van der Waals surface area contributed by atoms with E-state index < -0.39 is 0 Å². The maximum atomic E-state index is 3.39. The first-order chi connectivity index (χ1) is 6.86. The smallest absolute Gasteiger partial charge is 0.0192 e. The lowest BCUT2D eigenvalue weighted by Crippen LogP contribution is -2.44. The number of nitrogens with one attached hydrogen (secondary N) is 1. The molecular formula is C12H26N2. The summed E-state index contributed by atoms with van der Waals surface area (Å²) in [6.07, 6.45) is 8.30. The van der Waals surface area contributed by atoms with Crippen molar-refractivity contribution in [2.75, 3.05) is 26.7 Å². The standard InChI is InChI=1S/C12H26N2/c1-3-4-5-6-9-14-10-7-8-12(11-14)13-2/h12-13H,3-11H2,1-2H3. The maximum absolute atomic E-state index is 3.39. The van der Waals surface area contributed by atoms with Crippen molar-refractivity contribution in [3.63, 3.8) is 0 Å². The van der Waals surface area contributed by atoms with Crippen molar-refractivity contribution in [2.24, 2.45) is 0 Å². The number of hydrogen-bond acceptors (Lipinski definition) is 2. The van der Waals surface area contributed by atoms with Gasteiger partial charge in [0.05, 0.1) is 0 Å². The van der Waals surface area contributed by atoms with Crippen LogP contribution in [0.4, 0.5) is 0 Å². The molecule has 1 saturated heterocycles. The van der Waals surface area contributed by atoms with E-state index in [1.807, 2.05) is 0 Å². The summed E-state index contributed by atoms with van der Waals surface area (Å²) in [6.45, 7) is 6.18. The molecule has 1 fully saturated rings. The lowest BCUT2D eigenvalue weighted by atomic mass is 10.1. The molecule has 0 aromatic heterocycles. The van der Waals surface area contributed by atoms with E-state index in [0.717, 1.165) is 6.04 Å². The van der Waals surface area contributed by atoms with Gasteiger partial charge in [0.25, 0.3) is 0 Å². The van der Waals surface area contributed by atoms with Gasteiger partial charge in [0.15, 0.2) is 0 Å². The Hall–Kier alpha value is -0.0800. The van der Waals surface area contributed by atoms with Gasteiger partial charge in [0.1, 0.15) is 0 Å². The summed E-state index contributed by atoms with van der Waals surface area (Å²) in [5.41, 5.74) is 0. The first-order valence-corrected chi connectivity index (χ1v) is 6.26. The zero-order valence-corrected chi connectivity index (χ0v) is 9.89. The molecule has 0 spiro atoms. The van der Waals surface area contributed by atoms with Gasteiger partial charge in [0.2, 0.25) is 0 Å². The topological polar surface area (TPSA) is 15.3 Å². The second-order valence-electron chi connectivity index (χ2n) is 4.49. The third kappa shape index (κ3) is 4.43. The van der Waals surface area contributed by atoms with E-state index in [0.29, 0.717) is 0 Å². The molecule has 1 N–H and O–H groups in total. The van der Waals surface area contributed by atoms with Crippen molar-refractivity contribution in [1.82, 2.24) is 10.2 Å². The van der Waals surface area contributed by atoms with Crippen molar-refractivity contribution in [3.8, 4) is 0 Å². The number of piperidine rings is 1. The molecule has 0 radical (unpaired) electrons. The van der Waals surface area contributed by atoms with E-state index in [1.165, 1.54) is 58.2 Å². The molecule has 84 valence electrons. The number of rotatable bonds is 6. The van der Waals surface area contributed by atoms with Crippen LogP contribution in [0.1, 0.15) is 45.4 Å². The Kier molecular flexibility index (Phi) is 6.20. The lowest BCUT2D eigenvalue weighted by molar-refractivity contribution is 0.192. The highest BCUT2D eigenvalue weighted by atomic mass is 15.2. The highest BCUT2D eigenvalue weighted by Crippen LogP contribution is 2.11. The van der Waals surface area contributed by atoms with Crippen LogP contribution < -0.4 is 5.32 Å². The molecule has 1 heterocycles. The van der Waals surface area contributed by atoms with Gasteiger partial charge in [-0.25, -0.2) is 0 Å². The van der Waals surface area contributed by atoms with Crippen molar-refractivity contribution in [3.05, 3.63) is 0 Å². The van der Waals surface area contributed by atoms with Crippen molar-refractivity contribution < 1.29 is 0 Å². The number of unbranched alkanes of at least 4 members (excludes halogenated alkanes) is 3. The first-order valence-electron chi connectivity index (χ1n) is 6.26. The van der Waals surface area contributed by atoms with Crippen LogP contribution in [0.2, 0.25) is 0 Å². The minimum Gasteiger partial charge on any atom is -0.316 e. The molecule has 0 aromatic carbocycles. The zero-order valence-electron chi connectivity index (χ0n) is 9.89. The van der Waals surface area contributed by atoms with E-state index in [2.05, 4.69) is 24.2 Å². The van der Waals surface area contributed by atoms with Crippen molar-refractivity contribution in [1.29, 1.82) is 0 Å². The van der Waals surface area contributed by atoms with E-state index in [-0.39, 0.29) is 0 Å². The molecule has 0 aromatic rings. The first kappa shape index (κ1) is 12.0. The quantitative estimate of drug-likeness (QED) is 0.659. The average Bonchev–Trinajstić information content (AvgIpc) is 2.25. The van der Waals surface area contributed by atoms with Crippen LogP contribution in [0, 0.1) is 0 Å². The van der Waals surface area contributed by atoms with Gasteiger partial charge < -0.3 is 10.2 Å². The molecule has 1 unspecified atom stereocenters. The Labute approximate surface area is 89.1 Å². The third-order valence-corrected chi connectivity index (χ3v) is 3.24. The molecular weight excluding hydrogens is 172 g/mol. The van der Waals surface area contributed by atoms with Gasteiger partial charge in [-0.1, -0.05) is 26.2 Å². The highest BCUT2D eigenvalue weighted by Gasteiger charge is 2.17. The predicted molar refractivity (Wildman–Crippen MR) is 62.7 cm³/mol. The number of hydrogen-bond donors (Lipinski definition) is 1. The largest absolute Gasteiger partial charge is 0.316 e. The van der Waals surface area contributed by atoms with Gasteiger partial charge in [-0.3, -0.25) is 0 Å². The van der Waals surface area contributed by atoms with E-state index in [4.69, 9.17) is 0 Å². The Balaban J connectivity index is 2.05. The Bertz CT molecular complexity index is 136. The fraction of sp³-hybridized carbons (Fsp3) is 1.00. The van der Waals surface area contributed by atoms with Crippen LogP contribution >= 0.6 is 0 Å². The second-order valence-corrected chi connectivity index (χ2v) is 4.49. The molecule has 1 atom stereocenters. The van der Waals surface area contributed by atoms with E-state index in [9.17, 15) is 0 Å². The highest BCUT2D eigenvalue weighted by molar-refractivity contribution is 4.76. The van der Waals surface area contributed by atoms with E-state index in [1.54, 1.807) is 0 Å². The summed E-state index contributed by atoms with van der Waals surface area (Å²) in [7, 11) is 2.09. The molecule has 2 heteroatoms. The lowest BCUT2D eigenvalue weighted by Gasteiger charge is -2.32. The van der Waals surface area contributed by atoms with Gasteiger partial charge >= 0.3 is 0 Å². The minimum absolute atomic E-state index is 0.745. The number of likely N-dealkylation sites (tertiary alicyclic amines) is 1. The Morgan fingerprint density at radius 2 is 2.14 bits per heavy atom. The van der Waals surface area contributed by atoms with Crippen LogP contribution in [0.15, 0.2) is 0 Å². The fourth-order valence-electron chi connectivity index (χ4n) is 2.26. The van der Waals surface area contributed by atoms with Gasteiger partial charge in [0, 0.05) is 12.6 Å². The van der Waals surface area contributed by atoms with Gasteiger partial charge in [-0.15, -0.1) is 0 Å². The minimum atomic E-state index is 0.745. The summed E-state index contributed by atoms with van der Waals surface area (Å²) in [5, 5.41) is 3.39. The van der Waals surface area contributed by atoms with Crippen LogP contribution in [0.5, 0.6) is 0 Å². The zero-order chi connectivity index (χ0) is 10.2. The van der Waals surface area contributed by atoms with Crippen molar-refractivity contribution in [2.45, 2.75) is 51.5 Å². The van der Waals surface area contributed by atoms with Gasteiger partial charge in [-0.2, -0.15) is 0 Å². The summed E-state index contributed by atoms with van der Waals surface area (Å²) in [4.78, 5) is 2.63. The molecule has 14 heavy (non-hydrogen) atoms. The van der Waals surface area contributed by atoms with E-state index >= 15 is 0 Å². The average molecular weight is 198 g/mol. The molecule has 1 rings (SSSR count). The Morgan fingerprint density at radius 1 is 1.29 bits per heavy atom. The van der Waals surface area contributed by atoms with Crippen LogP contribution in [-0.4, -0.2) is 37.6 Å². The maximum Gasteiger partial charge on any atom is 0.0192 e. The fourth-order valence-corrected chi connectivity index (χ4v) is 2.26. The molecule has 1 aliphatic heterocycles. The number of nitrogens with zero attached hydrogens (tertiary/aromatic N) is 1. The summed E-state index contributed by atoms with van der Waals surface area (Å²) < 4.78 is 0. The summed E-state index contributed by atoms with van der Waals surface area (Å²) in [6, 6.07) is 0.745. The Morgan fingerprint density at radius 3 is 2.86 bits per heavy atom. The SMILES string of the molecule is CCCCCCN1CCCC(NC)C1. The number of likely N-dealkylation sites (N-methyl/N-ethyl adjacent to an activating group) is 1. The van der Waals surface area contributed by atoms with Crippen LogP contribution in [-0.2, 0) is 0 Å². The molecule has 0 amide bonds. The molecule has 2 nitrogen and oxygen atoms in total. The summed E-state index contributed by atoms with van der Waals surface area (Å²) in [5.74, 6) is 0.